The molecule has 2 aromatic rings. The zero-order chi connectivity index (χ0) is 13.8. The maximum atomic E-state index is 5.62. The van der Waals surface area contributed by atoms with E-state index < -0.39 is 0 Å². The molecular weight excluding hydrogens is 258 g/mol. The van der Waals surface area contributed by atoms with Gasteiger partial charge in [0.2, 0.25) is 11.9 Å². The lowest BCUT2D eigenvalue weighted by molar-refractivity contribution is 0.829. The van der Waals surface area contributed by atoms with E-state index in [1.807, 2.05) is 12.1 Å². The standard InChI is InChI=1S/C13H17N5S/c1-8(10-6-4-5-7-11(10)19-3)15-13-17-9(2)16-12(14)18-13/h4-8H,1-3H3,(H3,14,15,16,17,18). The molecule has 2 rings (SSSR count). The Morgan fingerprint density at radius 1 is 1.21 bits per heavy atom. The highest BCUT2D eigenvalue weighted by Crippen LogP contribution is 2.27. The first-order chi connectivity index (χ1) is 9.10. The molecule has 1 atom stereocenters. The summed E-state index contributed by atoms with van der Waals surface area (Å²) in [7, 11) is 0. The van der Waals surface area contributed by atoms with Gasteiger partial charge in [-0.3, -0.25) is 0 Å². The van der Waals surface area contributed by atoms with Crippen molar-refractivity contribution < 1.29 is 0 Å². The van der Waals surface area contributed by atoms with E-state index in [1.165, 1.54) is 10.5 Å². The Morgan fingerprint density at radius 3 is 2.63 bits per heavy atom. The Morgan fingerprint density at radius 2 is 1.95 bits per heavy atom. The zero-order valence-corrected chi connectivity index (χ0v) is 12.0. The lowest BCUT2D eigenvalue weighted by Crippen LogP contribution is -2.12. The molecule has 0 spiro atoms. The molecule has 5 nitrogen and oxygen atoms in total. The topological polar surface area (TPSA) is 76.7 Å². The summed E-state index contributed by atoms with van der Waals surface area (Å²) in [5.41, 5.74) is 6.84. The second kappa shape index (κ2) is 5.88. The van der Waals surface area contributed by atoms with Crippen LogP contribution in [-0.2, 0) is 0 Å². The summed E-state index contributed by atoms with van der Waals surface area (Å²) in [5, 5.41) is 3.26. The van der Waals surface area contributed by atoms with Crippen molar-refractivity contribution in [3.8, 4) is 0 Å². The van der Waals surface area contributed by atoms with Gasteiger partial charge >= 0.3 is 0 Å². The molecule has 0 aliphatic rings. The molecule has 0 saturated heterocycles. The van der Waals surface area contributed by atoms with Crippen LogP contribution in [0.15, 0.2) is 29.2 Å². The molecule has 19 heavy (non-hydrogen) atoms. The Labute approximate surface area is 117 Å². The van der Waals surface area contributed by atoms with Crippen molar-refractivity contribution in [2.75, 3.05) is 17.3 Å². The quantitative estimate of drug-likeness (QED) is 0.835. The number of aryl methyl sites for hydroxylation is 1. The SMILES string of the molecule is CSc1ccccc1C(C)Nc1nc(C)nc(N)n1. The van der Waals surface area contributed by atoms with Crippen molar-refractivity contribution in [1.29, 1.82) is 0 Å². The van der Waals surface area contributed by atoms with Crippen LogP contribution in [0.2, 0.25) is 0 Å². The molecule has 0 amide bonds. The highest BCUT2D eigenvalue weighted by Gasteiger charge is 2.11. The summed E-state index contributed by atoms with van der Waals surface area (Å²) >= 11 is 1.72. The second-order valence-electron chi connectivity index (χ2n) is 4.17. The van der Waals surface area contributed by atoms with E-state index in [0.717, 1.165) is 0 Å². The van der Waals surface area contributed by atoms with Gasteiger partial charge in [-0.25, -0.2) is 0 Å². The van der Waals surface area contributed by atoms with Crippen molar-refractivity contribution in [2.24, 2.45) is 0 Å². The summed E-state index contributed by atoms with van der Waals surface area (Å²) < 4.78 is 0. The maximum absolute atomic E-state index is 5.62. The smallest absolute Gasteiger partial charge is 0.228 e. The van der Waals surface area contributed by atoms with Crippen LogP contribution >= 0.6 is 11.8 Å². The van der Waals surface area contributed by atoms with Crippen LogP contribution in [0.1, 0.15) is 24.4 Å². The minimum absolute atomic E-state index is 0.102. The Kier molecular flexibility index (Phi) is 4.21. The first-order valence-corrected chi connectivity index (χ1v) is 7.20. The van der Waals surface area contributed by atoms with Crippen molar-refractivity contribution in [3.05, 3.63) is 35.7 Å². The molecule has 3 N–H and O–H groups in total. The Balaban J connectivity index is 2.22. The van der Waals surface area contributed by atoms with Gasteiger partial charge in [0.1, 0.15) is 5.82 Å². The van der Waals surface area contributed by atoms with E-state index in [9.17, 15) is 0 Å². The van der Waals surface area contributed by atoms with E-state index in [1.54, 1.807) is 18.7 Å². The number of nitrogens with one attached hydrogen (secondary N) is 1. The van der Waals surface area contributed by atoms with Crippen LogP contribution in [0.5, 0.6) is 0 Å². The van der Waals surface area contributed by atoms with Gasteiger partial charge in [0.25, 0.3) is 0 Å². The highest BCUT2D eigenvalue weighted by atomic mass is 32.2. The van der Waals surface area contributed by atoms with Gasteiger partial charge in [0.15, 0.2) is 0 Å². The second-order valence-corrected chi connectivity index (χ2v) is 5.02. The highest BCUT2D eigenvalue weighted by molar-refractivity contribution is 7.98. The molecular formula is C13H17N5S. The molecule has 1 aromatic heterocycles. The maximum Gasteiger partial charge on any atom is 0.228 e. The fraction of sp³-hybridized carbons (Fsp3) is 0.308. The van der Waals surface area contributed by atoms with E-state index in [-0.39, 0.29) is 12.0 Å². The molecule has 0 radical (unpaired) electrons. The van der Waals surface area contributed by atoms with Crippen LogP contribution in [0, 0.1) is 6.92 Å². The zero-order valence-electron chi connectivity index (χ0n) is 11.2. The normalized spacial score (nSPS) is 12.2. The van der Waals surface area contributed by atoms with Gasteiger partial charge in [0.05, 0.1) is 6.04 Å². The van der Waals surface area contributed by atoms with Crippen LogP contribution in [0.3, 0.4) is 0 Å². The van der Waals surface area contributed by atoms with Gasteiger partial charge in [-0.2, -0.15) is 15.0 Å². The first kappa shape index (κ1) is 13.6. The van der Waals surface area contributed by atoms with Crippen molar-refractivity contribution in [1.82, 2.24) is 15.0 Å². The summed E-state index contributed by atoms with van der Waals surface area (Å²) in [6.07, 6.45) is 2.07. The van der Waals surface area contributed by atoms with E-state index in [0.29, 0.717) is 11.8 Å². The number of aromatic nitrogens is 3. The summed E-state index contributed by atoms with van der Waals surface area (Å²) in [5.74, 6) is 1.36. The number of hydrogen-bond acceptors (Lipinski definition) is 6. The lowest BCUT2D eigenvalue weighted by atomic mass is 10.1. The number of nitrogen functional groups attached to an aromatic ring is 1. The van der Waals surface area contributed by atoms with Crippen molar-refractivity contribution in [2.45, 2.75) is 24.8 Å². The van der Waals surface area contributed by atoms with Gasteiger partial charge in [-0.05, 0) is 31.7 Å². The molecule has 100 valence electrons. The Bertz CT molecular complexity index is 552. The number of hydrogen-bond donors (Lipinski definition) is 2. The Hall–Kier alpha value is -1.82. The first-order valence-electron chi connectivity index (χ1n) is 5.97. The van der Waals surface area contributed by atoms with Crippen LogP contribution in [-0.4, -0.2) is 21.2 Å². The van der Waals surface area contributed by atoms with E-state index in [4.69, 9.17) is 5.73 Å². The minimum atomic E-state index is 0.102. The molecule has 0 aliphatic carbocycles. The third-order valence-corrected chi connectivity index (χ3v) is 3.53. The summed E-state index contributed by atoms with van der Waals surface area (Å²) in [4.78, 5) is 13.5. The van der Waals surface area contributed by atoms with Gasteiger partial charge < -0.3 is 11.1 Å². The van der Waals surface area contributed by atoms with E-state index >= 15 is 0 Å². The van der Waals surface area contributed by atoms with Crippen LogP contribution in [0.25, 0.3) is 0 Å². The average molecular weight is 275 g/mol. The fourth-order valence-electron chi connectivity index (χ4n) is 1.86. The van der Waals surface area contributed by atoms with Gasteiger partial charge in [-0.1, -0.05) is 18.2 Å². The number of nitrogens with two attached hydrogens (primary N) is 1. The molecule has 0 bridgehead atoms. The molecule has 0 aliphatic heterocycles. The average Bonchev–Trinajstić information content (AvgIpc) is 2.37. The van der Waals surface area contributed by atoms with Gasteiger partial charge in [-0.15, -0.1) is 11.8 Å². The third kappa shape index (κ3) is 3.35. The molecule has 1 aromatic carbocycles. The number of rotatable bonds is 4. The number of nitrogens with zero attached hydrogens (tertiary/aromatic N) is 3. The molecule has 6 heteroatoms. The number of anilines is 2. The largest absolute Gasteiger partial charge is 0.368 e. The van der Waals surface area contributed by atoms with Gasteiger partial charge in [0, 0.05) is 4.90 Å². The molecule has 0 saturated carbocycles. The predicted molar refractivity (Wildman–Crippen MR) is 79.2 cm³/mol. The summed E-state index contributed by atoms with van der Waals surface area (Å²) in [6, 6.07) is 8.37. The van der Waals surface area contributed by atoms with E-state index in [2.05, 4.69) is 45.6 Å². The van der Waals surface area contributed by atoms with Crippen molar-refractivity contribution >= 4 is 23.7 Å². The van der Waals surface area contributed by atoms with Crippen LogP contribution < -0.4 is 11.1 Å². The molecule has 1 unspecified atom stereocenters. The van der Waals surface area contributed by atoms with Crippen LogP contribution in [0.4, 0.5) is 11.9 Å². The minimum Gasteiger partial charge on any atom is -0.368 e. The molecule has 1 heterocycles. The van der Waals surface area contributed by atoms with Crippen molar-refractivity contribution in [3.63, 3.8) is 0 Å². The molecule has 0 fully saturated rings. The predicted octanol–water partition coefficient (Wildman–Crippen LogP) is 2.66. The number of thioether (sulfide) groups is 1. The number of benzene rings is 1. The fourth-order valence-corrected chi connectivity index (χ4v) is 2.56. The third-order valence-electron chi connectivity index (χ3n) is 2.72. The monoisotopic (exact) mass is 275 g/mol. The summed E-state index contributed by atoms with van der Waals surface area (Å²) in [6.45, 7) is 3.87. The lowest BCUT2D eigenvalue weighted by Gasteiger charge is -2.17.